The zero-order valence-electron chi connectivity index (χ0n) is 13.2. The van der Waals surface area contributed by atoms with Gasteiger partial charge in [0.25, 0.3) is 5.24 Å². The van der Waals surface area contributed by atoms with E-state index in [1.807, 2.05) is 0 Å². The number of amides is 1. The topological polar surface area (TPSA) is 69.3 Å². The minimum Gasteiger partial charge on any atom is -0.384 e. The molecule has 128 valence electrons. The van der Waals surface area contributed by atoms with Gasteiger partial charge >= 0.3 is 8.80 Å². The number of ether oxygens (including phenoxy) is 1. The first-order chi connectivity index (χ1) is 10.7. The van der Waals surface area contributed by atoms with Gasteiger partial charge in [-0.25, -0.2) is 0 Å². The number of carbonyl (C=O) groups is 1. The molecule has 0 saturated carbocycles. The maximum absolute atomic E-state index is 11.6. The molecule has 0 aromatic rings. The lowest BCUT2D eigenvalue weighted by Crippen LogP contribution is -2.55. The number of fused-ring (bicyclic) bond motifs is 6. The summed E-state index contributed by atoms with van der Waals surface area (Å²) in [5.74, 6) is 0.673. The Bertz CT molecular complexity index is 324. The number of hydrogen-bond donors (Lipinski definition) is 1. The number of thioether (sulfide) groups is 1. The van der Waals surface area contributed by atoms with Gasteiger partial charge in [-0.1, -0.05) is 11.8 Å². The van der Waals surface area contributed by atoms with Crippen LogP contribution >= 0.6 is 11.8 Å². The monoisotopic (exact) mass is 350 g/mol. The molecule has 7 nitrogen and oxygen atoms in total. The molecule has 3 saturated heterocycles. The number of carbonyl (C=O) groups excluding carboxylic acids is 1. The van der Waals surface area contributed by atoms with Crippen molar-refractivity contribution in [2.75, 3.05) is 65.5 Å². The van der Waals surface area contributed by atoms with Gasteiger partial charge in [-0.3, -0.25) is 9.69 Å². The van der Waals surface area contributed by atoms with E-state index < -0.39 is 8.80 Å². The third kappa shape index (κ3) is 6.15. The summed E-state index contributed by atoms with van der Waals surface area (Å²) >= 11 is 1.25. The normalized spacial score (nSPS) is 28.7. The van der Waals surface area contributed by atoms with Crippen LogP contribution in [0.5, 0.6) is 0 Å². The van der Waals surface area contributed by atoms with E-state index in [9.17, 15) is 4.79 Å². The van der Waals surface area contributed by atoms with Crippen LogP contribution in [0.15, 0.2) is 0 Å². The number of nitrogens with zero attached hydrogens (tertiary/aromatic N) is 1. The molecule has 3 heterocycles. The van der Waals surface area contributed by atoms with Gasteiger partial charge in [-0.2, -0.15) is 0 Å². The minimum atomic E-state index is -2.54. The van der Waals surface area contributed by atoms with Crippen molar-refractivity contribution in [3.8, 4) is 0 Å². The Morgan fingerprint density at radius 3 is 2.45 bits per heavy atom. The lowest BCUT2D eigenvalue weighted by Gasteiger charge is -2.38. The molecule has 0 spiro atoms. The first-order valence-electron chi connectivity index (χ1n) is 7.78. The van der Waals surface area contributed by atoms with Gasteiger partial charge in [0.15, 0.2) is 0 Å². The molecule has 0 radical (unpaired) electrons. The van der Waals surface area contributed by atoms with Gasteiger partial charge in [-0.05, 0) is 6.42 Å². The van der Waals surface area contributed by atoms with Crippen LogP contribution in [0.3, 0.4) is 0 Å². The lowest BCUT2D eigenvalue weighted by atomic mass is 10.4. The average molecular weight is 351 g/mol. The van der Waals surface area contributed by atoms with Crippen LogP contribution < -0.4 is 5.32 Å². The molecule has 0 aliphatic carbocycles. The van der Waals surface area contributed by atoms with E-state index in [-0.39, 0.29) is 5.24 Å². The van der Waals surface area contributed by atoms with E-state index in [0.717, 1.165) is 32.1 Å². The van der Waals surface area contributed by atoms with Crippen molar-refractivity contribution >= 4 is 25.8 Å². The quantitative estimate of drug-likeness (QED) is 0.537. The molecular formula is C13H26N2O5SSi. The SMILES string of the molecule is COCCSC(=O)NCCC[Si]12OCCN(CCO1)CCO2. The molecule has 1 N–H and O–H groups in total. The molecule has 0 aromatic carbocycles. The van der Waals surface area contributed by atoms with Gasteiger partial charge in [0.1, 0.15) is 0 Å². The fourth-order valence-corrected chi connectivity index (χ4v) is 5.57. The van der Waals surface area contributed by atoms with E-state index >= 15 is 0 Å². The third-order valence-corrected chi connectivity index (χ3v) is 7.31. The minimum absolute atomic E-state index is 0.00931. The second-order valence-electron chi connectivity index (χ2n) is 5.23. The maximum Gasteiger partial charge on any atom is 0.501 e. The number of nitrogens with one attached hydrogen (secondary N) is 1. The van der Waals surface area contributed by atoms with Crippen LogP contribution in [-0.4, -0.2) is 84.4 Å². The van der Waals surface area contributed by atoms with Crippen molar-refractivity contribution in [2.24, 2.45) is 0 Å². The smallest absolute Gasteiger partial charge is 0.384 e. The van der Waals surface area contributed by atoms with Crippen LogP contribution in [-0.2, 0) is 18.0 Å². The molecular weight excluding hydrogens is 324 g/mol. The molecule has 3 rings (SSSR count). The molecule has 1 amide bonds. The van der Waals surface area contributed by atoms with Crippen LogP contribution in [0, 0.1) is 0 Å². The highest BCUT2D eigenvalue weighted by atomic mass is 32.2. The summed E-state index contributed by atoms with van der Waals surface area (Å²) in [6, 6.07) is 0.760. The van der Waals surface area contributed by atoms with Crippen LogP contribution in [0.4, 0.5) is 4.79 Å². The number of rotatable bonds is 7. The first-order valence-corrected chi connectivity index (χ1v) is 10.7. The summed E-state index contributed by atoms with van der Waals surface area (Å²) in [6.45, 7) is 6.08. The summed E-state index contributed by atoms with van der Waals surface area (Å²) < 4.78 is 22.8. The Balaban J connectivity index is 1.66. The molecule has 3 aliphatic heterocycles. The zero-order chi connectivity index (χ0) is 15.7. The van der Waals surface area contributed by atoms with Crippen molar-refractivity contribution in [2.45, 2.75) is 12.5 Å². The van der Waals surface area contributed by atoms with E-state index in [2.05, 4.69) is 10.2 Å². The van der Waals surface area contributed by atoms with Crippen molar-refractivity contribution in [3.63, 3.8) is 0 Å². The third-order valence-electron chi connectivity index (χ3n) is 3.64. The lowest BCUT2D eigenvalue weighted by molar-refractivity contribution is -0.00847. The highest BCUT2D eigenvalue weighted by Crippen LogP contribution is 2.21. The summed E-state index contributed by atoms with van der Waals surface area (Å²) in [7, 11) is -0.905. The average Bonchev–Trinajstić information content (AvgIpc) is 2.44. The predicted molar refractivity (Wildman–Crippen MR) is 87.2 cm³/mol. The van der Waals surface area contributed by atoms with Gasteiger partial charge < -0.3 is 23.3 Å². The number of methoxy groups -OCH3 is 1. The fraction of sp³-hybridized carbons (Fsp3) is 0.923. The second-order valence-corrected chi connectivity index (χ2v) is 9.03. The Morgan fingerprint density at radius 2 is 1.86 bits per heavy atom. The van der Waals surface area contributed by atoms with Crippen molar-refractivity contribution < 1.29 is 22.8 Å². The molecule has 0 atom stereocenters. The van der Waals surface area contributed by atoms with Crippen LogP contribution in [0.1, 0.15) is 6.42 Å². The zero-order valence-corrected chi connectivity index (χ0v) is 15.0. The molecule has 0 aromatic heterocycles. The van der Waals surface area contributed by atoms with Gasteiger partial charge in [0.05, 0.1) is 26.4 Å². The Kier molecular flexibility index (Phi) is 8.15. The molecule has 0 unspecified atom stereocenters. The molecule has 3 fully saturated rings. The van der Waals surface area contributed by atoms with Crippen molar-refractivity contribution in [1.82, 2.24) is 10.2 Å². The molecule has 22 heavy (non-hydrogen) atoms. The molecule has 3 aliphatic rings. The first kappa shape index (κ1) is 18.2. The van der Waals surface area contributed by atoms with Gasteiger partial charge in [0, 0.05) is 45.1 Å². The van der Waals surface area contributed by atoms with E-state index in [4.69, 9.17) is 18.0 Å². The maximum atomic E-state index is 11.6. The largest absolute Gasteiger partial charge is 0.501 e. The van der Waals surface area contributed by atoms with Crippen molar-refractivity contribution in [1.29, 1.82) is 0 Å². The van der Waals surface area contributed by atoms with Crippen LogP contribution in [0.2, 0.25) is 6.04 Å². The Labute approximate surface area is 137 Å². The molecule has 9 heteroatoms. The summed E-state index contributed by atoms with van der Waals surface area (Å²) in [5.41, 5.74) is 0. The van der Waals surface area contributed by atoms with Gasteiger partial charge in [0.2, 0.25) is 0 Å². The highest BCUT2D eigenvalue weighted by Gasteiger charge is 2.43. The standard InChI is InChI=1S/C13H26N2O5SSi/c1-17-10-11-21-13(16)14-3-2-12-22-18-7-4-15(5-8-19-22)6-9-20-22/h2-12H2,1H3,(H,14,16). The molecule has 2 bridgehead atoms. The van der Waals surface area contributed by atoms with Gasteiger partial charge in [-0.15, -0.1) is 0 Å². The summed E-state index contributed by atoms with van der Waals surface area (Å²) in [5, 5.41) is 2.88. The van der Waals surface area contributed by atoms with Crippen LogP contribution in [0.25, 0.3) is 0 Å². The van der Waals surface area contributed by atoms with Crippen molar-refractivity contribution in [3.05, 3.63) is 0 Å². The highest BCUT2D eigenvalue weighted by molar-refractivity contribution is 8.13. The van der Waals surface area contributed by atoms with E-state index in [1.54, 1.807) is 7.11 Å². The Hall–Kier alpha value is -0.163. The summed E-state index contributed by atoms with van der Waals surface area (Å²) in [4.78, 5) is 13.9. The van der Waals surface area contributed by atoms with E-state index in [1.165, 1.54) is 11.8 Å². The fourth-order valence-electron chi connectivity index (χ4n) is 2.43. The van der Waals surface area contributed by atoms with E-state index in [0.29, 0.717) is 38.7 Å². The summed E-state index contributed by atoms with van der Waals surface area (Å²) in [6.07, 6.45) is 0.812. The Morgan fingerprint density at radius 1 is 1.23 bits per heavy atom. The number of hydrogen-bond acceptors (Lipinski definition) is 7. The predicted octanol–water partition coefficient (Wildman–Crippen LogP) is 0.784. The second kappa shape index (κ2) is 9.86.